The monoisotopic (exact) mass is 588 g/mol. The first-order valence-electron chi connectivity index (χ1n) is 15.1. The van der Waals surface area contributed by atoms with E-state index in [1.54, 1.807) is 37.8 Å². The average molecular weight is 589 g/mol. The van der Waals surface area contributed by atoms with E-state index in [1.807, 2.05) is 36.4 Å². The lowest BCUT2D eigenvalue weighted by molar-refractivity contribution is -0.159. The standard InChI is InChI=1S/C34H40N2O7/c1-34(2,3)43-30(37)19-22-11-4-9-17-29(32(39)41-20-23-12-10-18-36(23)31(22)38)35-33(40)42-21-28-26-15-7-5-13-24(26)25-14-6-8-16-27(25)28/h4-9,13-16,22-23,28-29H,10-12,17-21H2,1-3H3,(H,35,40)/b9-4-/t22-,23-,29-/m0/s1. The maximum Gasteiger partial charge on any atom is 0.407 e. The van der Waals surface area contributed by atoms with Crippen LogP contribution in [0.4, 0.5) is 4.79 Å². The largest absolute Gasteiger partial charge is 0.462 e. The van der Waals surface area contributed by atoms with Gasteiger partial charge in [-0.1, -0.05) is 60.7 Å². The van der Waals surface area contributed by atoms with Crippen LogP contribution in [0.1, 0.15) is 69.9 Å². The summed E-state index contributed by atoms with van der Waals surface area (Å²) < 4.78 is 16.8. The SMILES string of the molecule is CC(C)(C)OC(=O)C[C@@H]1C/C=C\C[C@H](NC(=O)OCC2c3ccccc3-c3ccccc32)C(=O)OC[C@@H]2CCCN2C1=O. The van der Waals surface area contributed by atoms with Gasteiger partial charge in [0.25, 0.3) is 0 Å². The number of nitrogens with one attached hydrogen (secondary N) is 1. The second kappa shape index (κ2) is 13.0. The molecule has 2 aliphatic heterocycles. The van der Waals surface area contributed by atoms with Crippen LogP contribution < -0.4 is 5.32 Å². The van der Waals surface area contributed by atoms with Gasteiger partial charge in [-0.15, -0.1) is 0 Å². The van der Waals surface area contributed by atoms with E-state index < -0.39 is 35.6 Å². The van der Waals surface area contributed by atoms with E-state index in [1.165, 1.54) is 0 Å². The summed E-state index contributed by atoms with van der Waals surface area (Å²) in [5, 5.41) is 2.69. The molecule has 43 heavy (non-hydrogen) atoms. The van der Waals surface area contributed by atoms with Gasteiger partial charge in [0.2, 0.25) is 5.91 Å². The van der Waals surface area contributed by atoms with Gasteiger partial charge in [0.15, 0.2) is 0 Å². The zero-order valence-electron chi connectivity index (χ0n) is 25.0. The van der Waals surface area contributed by atoms with Gasteiger partial charge in [0, 0.05) is 12.5 Å². The van der Waals surface area contributed by atoms with Crippen LogP contribution in [0.15, 0.2) is 60.7 Å². The molecule has 3 atom stereocenters. The van der Waals surface area contributed by atoms with Gasteiger partial charge in [0.1, 0.15) is 24.9 Å². The van der Waals surface area contributed by atoms with Crippen LogP contribution in [0.2, 0.25) is 0 Å². The zero-order chi connectivity index (χ0) is 30.6. The lowest BCUT2D eigenvalue weighted by atomic mass is 9.98. The van der Waals surface area contributed by atoms with Gasteiger partial charge in [-0.05, 0) is 68.7 Å². The van der Waals surface area contributed by atoms with E-state index in [0.29, 0.717) is 19.4 Å². The maximum atomic E-state index is 13.4. The van der Waals surface area contributed by atoms with Gasteiger partial charge in [-0.25, -0.2) is 9.59 Å². The van der Waals surface area contributed by atoms with E-state index in [-0.39, 0.29) is 43.9 Å². The molecule has 2 heterocycles. The molecule has 0 radical (unpaired) electrons. The third kappa shape index (κ3) is 7.27. The molecular weight excluding hydrogens is 548 g/mol. The van der Waals surface area contributed by atoms with Crippen LogP contribution >= 0.6 is 0 Å². The molecule has 9 heteroatoms. The van der Waals surface area contributed by atoms with E-state index >= 15 is 0 Å². The van der Waals surface area contributed by atoms with E-state index in [0.717, 1.165) is 28.7 Å². The maximum absolute atomic E-state index is 13.4. The smallest absolute Gasteiger partial charge is 0.407 e. The number of carbonyl (C=O) groups excluding carboxylic acids is 4. The molecule has 228 valence electrons. The van der Waals surface area contributed by atoms with Gasteiger partial charge in [-0.2, -0.15) is 0 Å². The van der Waals surface area contributed by atoms with Crippen molar-refractivity contribution in [2.45, 2.75) is 76.5 Å². The van der Waals surface area contributed by atoms with Crippen molar-refractivity contribution >= 4 is 23.9 Å². The number of alkyl carbamates (subject to hydrolysis) is 1. The Balaban J connectivity index is 1.25. The highest BCUT2D eigenvalue weighted by atomic mass is 16.6. The molecule has 0 unspecified atom stereocenters. The molecule has 5 rings (SSSR count). The Labute approximate surface area is 252 Å². The van der Waals surface area contributed by atoms with Crippen molar-refractivity contribution in [3.8, 4) is 11.1 Å². The van der Waals surface area contributed by atoms with E-state index in [4.69, 9.17) is 14.2 Å². The van der Waals surface area contributed by atoms with Crippen LogP contribution in [-0.2, 0) is 28.6 Å². The summed E-state index contributed by atoms with van der Waals surface area (Å²) in [5.74, 6) is -1.83. The molecule has 0 bridgehead atoms. The highest BCUT2D eigenvalue weighted by molar-refractivity contribution is 5.85. The van der Waals surface area contributed by atoms with Crippen LogP contribution in [-0.4, -0.2) is 66.3 Å². The summed E-state index contributed by atoms with van der Waals surface area (Å²) in [6.07, 6.45) is 4.71. The highest BCUT2D eigenvalue weighted by Gasteiger charge is 2.36. The average Bonchev–Trinajstić information content (AvgIpc) is 3.56. The fraction of sp³-hybridized carbons (Fsp3) is 0.471. The first-order valence-corrected chi connectivity index (χ1v) is 15.1. The summed E-state index contributed by atoms with van der Waals surface area (Å²) in [6.45, 7) is 6.07. The second-order valence-corrected chi connectivity index (χ2v) is 12.4. The lowest BCUT2D eigenvalue weighted by Gasteiger charge is -2.29. The van der Waals surface area contributed by atoms with Crippen LogP contribution in [0, 0.1) is 5.92 Å². The van der Waals surface area contributed by atoms with Crippen LogP contribution in [0.25, 0.3) is 11.1 Å². The molecule has 2 amide bonds. The third-order valence-electron chi connectivity index (χ3n) is 8.14. The van der Waals surface area contributed by atoms with Crippen molar-refractivity contribution < 1.29 is 33.4 Å². The van der Waals surface area contributed by atoms with E-state index in [9.17, 15) is 19.2 Å². The zero-order valence-corrected chi connectivity index (χ0v) is 25.0. The Bertz CT molecular complexity index is 1350. The van der Waals surface area contributed by atoms with Gasteiger partial charge in [-0.3, -0.25) is 9.59 Å². The number of fused-ring (bicyclic) bond motifs is 4. The topological polar surface area (TPSA) is 111 Å². The normalized spacial score (nSPS) is 23.1. The Morgan fingerprint density at radius 2 is 1.63 bits per heavy atom. The number of amides is 2. The number of nitrogens with zero attached hydrogens (tertiary/aromatic N) is 1. The van der Waals surface area contributed by atoms with Gasteiger partial charge in [0.05, 0.1) is 18.4 Å². The number of hydrogen-bond donors (Lipinski definition) is 1. The molecule has 0 spiro atoms. The molecular formula is C34H40N2O7. The summed E-state index contributed by atoms with van der Waals surface area (Å²) in [4.78, 5) is 53.8. The number of ether oxygens (including phenoxy) is 3. The van der Waals surface area contributed by atoms with Crippen molar-refractivity contribution in [2.75, 3.05) is 19.8 Å². The molecule has 0 saturated carbocycles. The number of hydrogen-bond acceptors (Lipinski definition) is 7. The molecule has 2 aromatic carbocycles. The molecule has 1 aliphatic carbocycles. The van der Waals surface area contributed by atoms with Crippen molar-refractivity contribution in [2.24, 2.45) is 5.92 Å². The first kappa shape index (κ1) is 30.3. The fourth-order valence-electron chi connectivity index (χ4n) is 6.16. The highest BCUT2D eigenvalue weighted by Crippen LogP contribution is 2.44. The number of esters is 2. The Morgan fingerprint density at radius 1 is 0.977 bits per heavy atom. The number of benzene rings is 2. The van der Waals surface area contributed by atoms with Crippen molar-refractivity contribution in [3.05, 3.63) is 71.8 Å². The Morgan fingerprint density at radius 3 is 2.30 bits per heavy atom. The molecule has 2 aromatic rings. The molecule has 1 fully saturated rings. The van der Waals surface area contributed by atoms with Crippen molar-refractivity contribution in [1.82, 2.24) is 10.2 Å². The fourth-order valence-corrected chi connectivity index (χ4v) is 6.16. The Kier molecular flexibility index (Phi) is 9.18. The predicted octanol–water partition coefficient (Wildman–Crippen LogP) is 5.13. The van der Waals surface area contributed by atoms with Crippen LogP contribution in [0.5, 0.6) is 0 Å². The van der Waals surface area contributed by atoms with E-state index in [2.05, 4.69) is 17.4 Å². The molecule has 0 aromatic heterocycles. The predicted molar refractivity (Wildman–Crippen MR) is 160 cm³/mol. The Hall–Kier alpha value is -4.14. The minimum atomic E-state index is -0.957. The molecule has 3 aliphatic rings. The quantitative estimate of drug-likeness (QED) is 0.293. The number of allylic oxidation sites excluding steroid dienone is 1. The summed E-state index contributed by atoms with van der Waals surface area (Å²) in [6, 6.07) is 14.9. The molecule has 1 N–H and O–H groups in total. The summed E-state index contributed by atoms with van der Waals surface area (Å²) in [7, 11) is 0. The summed E-state index contributed by atoms with van der Waals surface area (Å²) >= 11 is 0. The van der Waals surface area contributed by atoms with Gasteiger partial charge < -0.3 is 24.4 Å². The van der Waals surface area contributed by atoms with Crippen molar-refractivity contribution in [1.29, 1.82) is 0 Å². The van der Waals surface area contributed by atoms with Crippen LogP contribution in [0.3, 0.4) is 0 Å². The summed E-state index contributed by atoms with van der Waals surface area (Å²) in [5.41, 5.74) is 3.81. The van der Waals surface area contributed by atoms with Crippen molar-refractivity contribution in [3.63, 3.8) is 0 Å². The lowest BCUT2D eigenvalue weighted by Crippen LogP contribution is -2.46. The third-order valence-corrected chi connectivity index (χ3v) is 8.14. The number of rotatable bonds is 5. The number of carbonyl (C=O) groups is 4. The minimum Gasteiger partial charge on any atom is -0.462 e. The second-order valence-electron chi connectivity index (χ2n) is 12.4. The molecule has 9 nitrogen and oxygen atoms in total. The minimum absolute atomic E-state index is 0.0241. The molecule has 1 saturated heterocycles. The number of cyclic esters (lactones) is 1. The van der Waals surface area contributed by atoms with Gasteiger partial charge >= 0.3 is 18.0 Å². The first-order chi connectivity index (χ1) is 20.6.